The molecule has 0 spiro atoms. The van der Waals surface area contributed by atoms with Crippen LogP contribution in [0.15, 0.2) is 11.1 Å². The van der Waals surface area contributed by atoms with E-state index in [1.54, 1.807) is 0 Å². The molecule has 3 rings (SSSR count). The van der Waals surface area contributed by atoms with Crippen LogP contribution >= 0.6 is 15.6 Å². The standard InChI is InChI=1S/C13H19N5O12P2/c1-26-9(19)4-28-32(24,25)27-3-7-6(30-31(21,22)23)2-8(29-7)18-5-15-10-11(18)16-13(14)17-12(10)20/h5-8H,2-4H2,1H3,(H,24,25)(H2,21,22,23)(H3,14,16,17,20)/t6-,7-,8-/m1/s1. The highest BCUT2D eigenvalue weighted by Gasteiger charge is 2.42. The Labute approximate surface area is 178 Å². The first kappa shape index (κ1) is 24.4. The number of fused-ring (bicyclic) bond motifs is 1. The molecular weight excluding hydrogens is 480 g/mol. The Morgan fingerprint density at radius 1 is 1.38 bits per heavy atom. The van der Waals surface area contributed by atoms with Crippen molar-refractivity contribution in [3.05, 3.63) is 16.7 Å². The molecule has 0 radical (unpaired) electrons. The van der Waals surface area contributed by atoms with Crippen molar-refractivity contribution >= 4 is 38.7 Å². The Hall–Kier alpha value is -2.20. The van der Waals surface area contributed by atoms with E-state index < -0.39 is 58.8 Å². The zero-order valence-corrected chi connectivity index (χ0v) is 18.0. The van der Waals surface area contributed by atoms with E-state index in [1.165, 1.54) is 10.9 Å². The molecule has 17 nitrogen and oxygen atoms in total. The number of hydrogen-bond acceptors (Lipinski definition) is 12. The van der Waals surface area contributed by atoms with Crippen LogP contribution in [-0.2, 0) is 37.0 Å². The average molecular weight is 499 g/mol. The van der Waals surface area contributed by atoms with Crippen molar-refractivity contribution in [3.63, 3.8) is 0 Å². The first-order valence-corrected chi connectivity index (χ1v) is 11.7. The first-order chi connectivity index (χ1) is 14.9. The second kappa shape index (κ2) is 9.35. The van der Waals surface area contributed by atoms with Crippen molar-refractivity contribution in [2.45, 2.75) is 24.9 Å². The number of nitrogen functional groups attached to an aromatic ring is 1. The van der Waals surface area contributed by atoms with E-state index in [0.717, 1.165) is 7.11 Å². The lowest BCUT2D eigenvalue weighted by molar-refractivity contribution is -0.143. The molecule has 6 N–H and O–H groups in total. The lowest BCUT2D eigenvalue weighted by Gasteiger charge is -2.20. The summed E-state index contributed by atoms with van der Waals surface area (Å²) in [7, 11) is -8.69. The van der Waals surface area contributed by atoms with Gasteiger partial charge in [0.1, 0.15) is 18.4 Å². The number of carbonyl (C=O) groups is 1. The molecule has 2 aromatic heterocycles. The number of carbonyl (C=O) groups excluding carboxylic acids is 1. The molecule has 0 aromatic carbocycles. The molecule has 19 heteroatoms. The third-order valence-electron chi connectivity index (χ3n) is 4.19. The Morgan fingerprint density at radius 3 is 2.75 bits per heavy atom. The van der Waals surface area contributed by atoms with Crippen LogP contribution in [0.5, 0.6) is 0 Å². The number of nitrogens with two attached hydrogens (primary N) is 1. The van der Waals surface area contributed by atoms with Crippen molar-refractivity contribution in [3.8, 4) is 0 Å². The Morgan fingerprint density at radius 2 is 2.09 bits per heavy atom. The summed E-state index contributed by atoms with van der Waals surface area (Å²) in [4.78, 5) is 61.2. The predicted octanol–water partition coefficient (Wildman–Crippen LogP) is -1.23. The van der Waals surface area contributed by atoms with Crippen molar-refractivity contribution in [1.29, 1.82) is 0 Å². The summed E-state index contributed by atoms with van der Waals surface area (Å²) in [5.74, 6) is -1.13. The van der Waals surface area contributed by atoms with E-state index in [4.69, 9.17) is 19.5 Å². The molecule has 1 aliphatic heterocycles. The van der Waals surface area contributed by atoms with E-state index in [0.29, 0.717) is 0 Å². The van der Waals surface area contributed by atoms with Gasteiger partial charge < -0.3 is 29.9 Å². The minimum Gasteiger partial charge on any atom is -0.467 e. The van der Waals surface area contributed by atoms with E-state index in [-0.39, 0.29) is 23.5 Å². The number of esters is 1. The number of anilines is 1. The van der Waals surface area contributed by atoms with Gasteiger partial charge >= 0.3 is 21.6 Å². The summed E-state index contributed by atoms with van der Waals surface area (Å²) in [6.07, 6.45) is -2.57. The van der Waals surface area contributed by atoms with E-state index in [9.17, 15) is 33.4 Å². The molecule has 178 valence electrons. The molecule has 1 aliphatic rings. The number of aromatic nitrogens is 4. The van der Waals surface area contributed by atoms with Gasteiger partial charge in [0.05, 0.1) is 20.0 Å². The van der Waals surface area contributed by atoms with Gasteiger partial charge in [-0.3, -0.25) is 27.9 Å². The maximum absolute atomic E-state index is 11.9. The number of nitrogens with zero attached hydrogens (tertiary/aromatic N) is 3. The highest BCUT2D eigenvalue weighted by Crippen LogP contribution is 2.47. The lowest BCUT2D eigenvalue weighted by atomic mass is 10.2. The molecule has 3 heterocycles. The summed E-state index contributed by atoms with van der Waals surface area (Å²) in [5.41, 5.74) is 4.89. The van der Waals surface area contributed by atoms with Crippen LogP contribution in [0, 0.1) is 0 Å². The quantitative estimate of drug-likeness (QED) is 0.200. The topological polar surface area (TPSA) is 248 Å². The second-order valence-corrected chi connectivity index (χ2v) is 9.03. The largest absolute Gasteiger partial charge is 0.472 e. The molecule has 0 bridgehead atoms. The number of rotatable bonds is 9. The van der Waals surface area contributed by atoms with Gasteiger partial charge in [0, 0.05) is 6.42 Å². The predicted molar refractivity (Wildman–Crippen MR) is 102 cm³/mol. The van der Waals surface area contributed by atoms with Crippen LogP contribution in [0.4, 0.5) is 5.95 Å². The van der Waals surface area contributed by atoms with Crippen LogP contribution in [0.2, 0.25) is 0 Å². The van der Waals surface area contributed by atoms with Crippen molar-refractivity contribution in [2.24, 2.45) is 0 Å². The molecule has 1 unspecified atom stereocenters. The summed E-state index contributed by atoms with van der Waals surface area (Å²) < 4.78 is 48.4. The van der Waals surface area contributed by atoms with E-state index >= 15 is 0 Å². The molecular formula is C13H19N5O12P2. The summed E-state index contributed by atoms with van der Waals surface area (Å²) in [6, 6.07) is 0. The van der Waals surface area contributed by atoms with Crippen molar-refractivity contribution in [1.82, 2.24) is 19.5 Å². The number of nitrogens with one attached hydrogen (secondary N) is 1. The fourth-order valence-corrected chi connectivity index (χ4v) is 4.11. The number of aromatic amines is 1. The molecule has 2 aromatic rings. The fraction of sp³-hybridized carbons (Fsp3) is 0.538. The van der Waals surface area contributed by atoms with Crippen LogP contribution in [0.1, 0.15) is 12.6 Å². The molecule has 1 saturated heterocycles. The molecule has 0 saturated carbocycles. The fourth-order valence-electron chi connectivity index (χ4n) is 2.86. The molecule has 32 heavy (non-hydrogen) atoms. The minimum absolute atomic E-state index is 0.0296. The van der Waals surface area contributed by atoms with E-state index in [2.05, 4.69) is 24.2 Å². The number of phosphoric acid groups is 2. The van der Waals surface area contributed by atoms with E-state index in [1.807, 2.05) is 0 Å². The third-order valence-corrected chi connectivity index (χ3v) is 5.67. The van der Waals surface area contributed by atoms with Crippen molar-refractivity contribution in [2.75, 3.05) is 26.1 Å². The van der Waals surface area contributed by atoms with Gasteiger partial charge in [0.2, 0.25) is 5.95 Å². The second-order valence-electron chi connectivity index (χ2n) is 6.39. The molecule has 4 atom stereocenters. The Bertz CT molecular complexity index is 1140. The van der Waals surface area contributed by atoms with Gasteiger partial charge in [-0.2, -0.15) is 4.98 Å². The number of imidazole rings is 1. The molecule has 1 fully saturated rings. The Balaban J connectivity index is 1.78. The van der Waals surface area contributed by atoms with Crippen LogP contribution in [-0.4, -0.2) is 72.7 Å². The summed E-state index contributed by atoms with van der Waals surface area (Å²) in [6.45, 7) is -1.58. The highest BCUT2D eigenvalue weighted by atomic mass is 31.2. The highest BCUT2D eigenvalue weighted by molar-refractivity contribution is 7.47. The zero-order chi connectivity index (χ0) is 23.7. The number of ether oxygens (including phenoxy) is 2. The first-order valence-electron chi connectivity index (χ1n) is 8.69. The molecule has 0 amide bonds. The van der Waals surface area contributed by atoms with Crippen LogP contribution < -0.4 is 11.3 Å². The van der Waals surface area contributed by atoms with Gasteiger partial charge in [-0.1, -0.05) is 0 Å². The zero-order valence-electron chi connectivity index (χ0n) is 16.3. The van der Waals surface area contributed by atoms with Crippen LogP contribution in [0.3, 0.4) is 0 Å². The minimum atomic E-state index is -4.99. The van der Waals surface area contributed by atoms with Gasteiger partial charge in [-0.05, 0) is 0 Å². The van der Waals surface area contributed by atoms with Gasteiger partial charge in [0.15, 0.2) is 17.8 Å². The third kappa shape index (κ3) is 5.98. The molecule has 0 aliphatic carbocycles. The number of hydrogen-bond donors (Lipinski definition) is 5. The smallest absolute Gasteiger partial charge is 0.467 e. The van der Waals surface area contributed by atoms with Crippen LogP contribution in [0.25, 0.3) is 11.2 Å². The van der Waals surface area contributed by atoms with Gasteiger partial charge in [-0.15, -0.1) is 0 Å². The van der Waals surface area contributed by atoms with Crippen molar-refractivity contribution < 1.29 is 51.6 Å². The Kier molecular flexibility index (Phi) is 7.14. The number of phosphoric ester groups is 2. The maximum Gasteiger partial charge on any atom is 0.472 e. The monoisotopic (exact) mass is 499 g/mol. The summed E-state index contributed by atoms with van der Waals surface area (Å²) in [5, 5.41) is 0. The normalized spacial score (nSPS) is 23.3. The lowest BCUT2D eigenvalue weighted by Crippen LogP contribution is -2.28. The SMILES string of the molecule is COC(=O)COP(=O)(O)OC[C@H]1O[C@@H](n2cnc3c(=O)[nH]c(N)nc32)C[C@H]1OP(=O)(O)O. The summed E-state index contributed by atoms with van der Waals surface area (Å²) >= 11 is 0. The number of methoxy groups -OCH3 is 1. The maximum atomic E-state index is 11.9. The van der Waals surface area contributed by atoms with Gasteiger partial charge in [-0.25, -0.2) is 18.9 Å². The average Bonchev–Trinajstić information content (AvgIpc) is 3.27. The number of H-pyrrole nitrogens is 1. The van der Waals surface area contributed by atoms with Gasteiger partial charge in [0.25, 0.3) is 5.56 Å².